The molecule has 2 aromatic carbocycles. The van der Waals surface area contributed by atoms with E-state index in [9.17, 15) is 18.6 Å². The predicted molar refractivity (Wildman–Crippen MR) is 292 cm³/mol. The highest BCUT2D eigenvalue weighted by molar-refractivity contribution is 7.91. The van der Waals surface area contributed by atoms with Crippen molar-refractivity contribution in [1.82, 2.24) is 0 Å². The van der Waals surface area contributed by atoms with Crippen LogP contribution in [0.1, 0.15) is 101 Å². The zero-order valence-corrected chi connectivity index (χ0v) is 37.0. The molecule has 2 aromatic rings. The highest BCUT2D eigenvalue weighted by atomic mass is 32.2. The predicted octanol–water partition coefficient (Wildman–Crippen LogP) is 10.2. The van der Waals surface area contributed by atoms with Gasteiger partial charge >= 0.3 is 0 Å². The van der Waals surface area contributed by atoms with Gasteiger partial charge < -0.3 is 15.1 Å². The molecular weight excluding hydrogens is 857 g/mol. The first kappa shape index (κ1) is 56.9. The van der Waals surface area contributed by atoms with Gasteiger partial charge in [-0.3, -0.25) is 0 Å². The smallest absolute Gasteiger partial charge is 0.179 e. The molecule has 0 radical (unpaired) electrons. The molecule has 2 atom stereocenters. The van der Waals surface area contributed by atoms with Gasteiger partial charge in [0.2, 0.25) is 0 Å². The second-order valence-electron chi connectivity index (χ2n) is 12.8. The maximum atomic E-state index is 13.7. The number of fused-ring (bicyclic) bond motifs is 1. The fraction of sp³-hybridized carbons (Fsp3) is 0.283. The molecule has 360 valence electrons. The number of terminal acetylenes is 2. The van der Waals surface area contributed by atoms with E-state index in [-0.39, 0.29) is 43.2 Å². The van der Waals surface area contributed by atoms with E-state index in [2.05, 4.69) is 188 Å². The summed E-state index contributed by atoms with van der Waals surface area (Å²) in [5.41, 5.74) is 1.50. The molecule has 65 heavy (non-hydrogen) atoms. The van der Waals surface area contributed by atoms with Crippen LogP contribution in [0, 0.1) is 160 Å². The lowest BCUT2D eigenvalue weighted by Crippen LogP contribution is -2.43. The van der Waals surface area contributed by atoms with E-state index in [4.69, 9.17) is 18.1 Å². The molecule has 0 amide bonds. The molecule has 0 bridgehead atoms. The van der Waals surface area contributed by atoms with Crippen LogP contribution in [-0.2, 0) is 37.3 Å². The molecule has 0 fully saturated rings. The normalized spacial score (nSPS) is 12.8. The van der Waals surface area contributed by atoms with Crippen LogP contribution in [0.2, 0.25) is 0 Å². The van der Waals surface area contributed by atoms with Crippen LogP contribution in [0.25, 0.3) is 0 Å². The van der Waals surface area contributed by atoms with Crippen LogP contribution in [0.4, 0.5) is 5.69 Å². The molecule has 0 spiro atoms. The lowest BCUT2D eigenvalue weighted by Gasteiger charge is -2.40. The van der Waals surface area contributed by atoms with Gasteiger partial charge in [0.05, 0.1) is 29.2 Å². The fourth-order valence-corrected chi connectivity index (χ4v) is 8.05. The van der Waals surface area contributed by atoms with Crippen LogP contribution in [0.15, 0.2) is 51.9 Å². The molecule has 0 saturated heterocycles. The minimum Gasteiger partial charge on any atom is -0.508 e. The molecule has 0 aromatic heterocycles. The zero-order valence-electron chi connectivity index (χ0n) is 35.4. The van der Waals surface area contributed by atoms with Crippen molar-refractivity contribution < 1.29 is 63.2 Å². The van der Waals surface area contributed by atoms with Crippen LogP contribution in [-0.4, -0.2) is 49.8 Å². The first-order valence-electron chi connectivity index (χ1n) is 18.9. The van der Waals surface area contributed by atoms with Crippen LogP contribution < -0.4 is 4.90 Å². The fourth-order valence-electron chi connectivity index (χ4n) is 5.83. The summed E-state index contributed by atoms with van der Waals surface area (Å²) in [7, 11) is 0.218. The maximum absolute atomic E-state index is 13.7. The lowest BCUT2D eigenvalue weighted by molar-refractivity contribution is -0.623. The lowest BCUT2D eigenvalue weighted by atomic mass is 9.68. The van der Waals surface area contributed by atoms with Gasteiger partial charge in [-0.15, -0.1) is 12.8 Å². The number of rotatable bonds is 11. The monoisotopic (exact) mass is 935 g/mol. The molecule has 1 heterocycles. The first-order valence-corrected chi connectivity index (χ1v) is 20.9. The van der Waals surface area contributed by atoms with E-state index in [0.29, 0.717) is 23.3 Å². The standard InChI is InChI=1S/C26H37NO4S.C26H2.CH4.HNO4S.17H2/c1-5-7-14-26(15-8-6-2)18-32(30,31)23-13-12-20(27(3)4)17-22(23)24(25(26)29)19-10-9-11-21(28)16-19;1-3-5-7-9-11-13-15-17-19-21-23-25-26-24-22-20-18-16-14-12-10-8-6-4-2;;2-4-5-3-1-6;;;;;;;;;;;;;;;;;/h9-13,16-17,24-25,28-29H,5-8,14-15,18H2,1-4H3;1-2H;1H4;2H;17*1H/t24-,25-;;;;;;;;;;;;;;;;;;;;/m1..................../s1. The van der Waals surface area contributed by atoms with Crippen molar-refractivity contribution in [1.29, 1.82) is 0 Å². The van der Waals surface area contributed by atoms with Crippen molar-refractivity contribution in [3.8, 4) is 161 Å². The largest absolute Gasteiger partial charge is 0.508 e. The summed E-state index contributed by atoms with van der Waals surface area (Å²) in [5, 5.41) is 35.6. The van der Waals surface area contributed by atoms with E-state index in [1.54, 1.807) is 24.3 Å². The van der Waals surface area contributed by atoms with Crippen molar-refractivity contribution in [2.45, 2.75) is 76.7 Å². The van der Waals surface area contributed by atoms with E-state index in [1.807, 2.05) is 37.2 Å². The molecule has 0 aliphatic carbocycles. The highest BCUT2D eigenvalue weighted by Crippen LogP contribution is 2.50. The number of anilines is 1. The second-order valence-corrected chi connectivity index (χ2v) is 14.9. The Morgan fingerprint density at radius 2 is 1.18 bits per heavy atom. The van der Waals surface area contributed by atoms with Crippen molar-refractivity contribution in [2.24, 2.45) is 9.94 Å². The third-order valence-corrected chi connectivity index (χ3v) is 10.5. The van der Waals surface area contributed by atoms with Gasteiger partial charge in [0.25, 0.3) is 0 Å². The van der Waals surface area contributed by atoms with Gasteiger partial charge in [0, 0.05) is 112 Å². The number of aliphatic hydroxyl groups is 1. The van der Waals surface area contributed by atoms with Gasteiger partial charge in [0.15, 0.2) is 9.84 Å². The number of hydrogen-bond acceptors (Lipinski definition) is 11. The minimum absolute atomic E-state index is 0. The van der Waals surface area contributed by atoms with E-state index in [0.717, 1.165) is 36.9 Å². The van der Waals surface area contributed by atoms with E-state index in [1.165, 1.54) is 0 Å². The van der Waals surface area contributed by atoms with Gasteiger partial charge in [0.1, 0.15) is 5.75 Å². The summed E-state index contributed by atoms with van der Waals surface area (Å²) in [6.45, 7) is 4.19. The third-order valence-electron chi connectivity index (χ3n) is 8.43. The summed E-state index contributed by atoms with van der Waals surface area (Å²) >= 11 is 3.80. The molecule has 1 aliphatic heterocycles. The van der Waals surface area contributed by atoms with Crippen LogP contribution in [0.3, 0.4) is 0 Å². The molecule has 3 rings (SSSR count). The van der Waals surface area contributed by atoms with Gasteiger partial charge in [-0.2, -0.15) is 4.99 Å². The Balaban J connectivity index is -0.0000000477. The van der Waals surface area contributed by atoms with Crippen molar-refractivity contribution in [2.75, 3.05) is 24.7 Å². The summed E-state index contributed by atoms with van der Waals surface area (Å²) in [6.07, 6.45) is 13.9. The number of sulfone groups is 1. The summed E-state index contributed by atoms with van der Waals surface area (Å²) in [6, 6.07) is 12.3. The summed E-state index contributed by atoms with van der Waals surface area (Å²) < 4.78 is 30.0. The van der Waals surface area contributed by atoms with Crippen LogP contribution >= 0.6 is 0 Å². The topological polar surface area (TPSA) is 138 Å². The summed E-state index contributed by atoms with van der Waals surface area (Å²) in [4.78, 5) is 5.68. The molecule has 1 aliphatic rings. The molecule has 0 saturated carbocycles. The Kier molecular flexibility index (Phi) is 30.2. The Morgan fingerprint density at radius 3 is 1.52 bits per heavy atom. The number of benzene rings is 2. The average molecular weight is 935 g/mol. The molecule has 3 N–H and O–H groups in total. The number of aliphatic hydroxyl groups excluding tert-OH is 1. The number of aromatic hydroxyl groups is 1. The number of phenolic OH excluding ortho intramolecular Hbond substituents is 1. The Bertz CT molecular complexity index is 2830. The van der Waals surface area contributed by atoms with E-state index >= 15 is 0 Å². The first-order chi connectivity index (χ1) is 31.0. The van der Waals surface area contributed by atoms with E-state index < -0.39 is 27.3 Å². The highest BCUT2D eigenvalue weighted by Gasteiger charge is 2.49. The minimum atomic E-state index is -3.61. The summed E-state index contributed by atoms with van der Waals surface area (Å²) in [5.74, 6) is 57.7. The Hall–Kier alpha value is -8.07. The molecule has 0 unspecified atom stereocenters. The second kappa shape index (κ2) is 34.5. The SMILES string of the molecule is C.C#CC#CC#CC#CC#CC#CC#CC#CC#CC#CC#CC#CC#C.CCCCC1(CCCC)CS(=O)(=O)c2ccc(N(C)C)cc2[C@@H](c2cccc(O)c2)[C@H]1O.OOOON=S.[HH].[HH].[HH].[HH].[HH].[HH].[HH].[HH].[HH].[HH].[HH].[HH].[HH].[HH].[HH].[HH].[HH]. The van der Waals surface area contributed by atoms with Crippen LogP contribution in [0.5, 0.6) is 5.75 Å². The number of unbranched alkanes of at least 4 members (excludes halogenated alkanes) is 2. The van der Waals surface area contributed by atoms with Gasteiger partial charge in [-0.1, -0.05) is 59.1 Å². The van der Waals surface area contributed by atoms with Crippen molar-refractivity contribution >= 4 is 27.9 Å². The quantitative estimate of drug-likeness (QED) is 0.0864. The average Bonchev–Trinajstić information content (AvgIpc) is 3.35. The maximum Gasteiger partial charge on any atom is 0.179 e. The molecular formula is C53H78N2O8S2. The van der Waals surface area contributed by atoms with Gasteiger partial charge in [-0.05, 0) is 154 Å². The van der Waals surface area contributed by atoms with Crippen molar-refractivity contribution in [3.63, 3.8) is 0 Å². The zero-order chi connectivity index (χ0) is 47.3. The Morgan fingerprint density at radius 1 is 0.754 bits per heavy atom. The molecule has 12 heteroatoms. The van der Waals surface area contributed by atoms with Crippen molar-refractivity contribution in [3.05, 3.63) is 53.6 Å². The number of phenols is 1. The third kappa shape index (κ3) is 22.6. The molecule has 10 nitrogen and oxygen atoms in total. The number of nitrogens with zero attached hydrogens (tertiary/aromatic N) is 2. The van der Waals surface area contributed by atoms with Gasteiger partial charge in [-0.25, -0.2) is 13.7 Å². The number of hydrogen-bond donors (Lipinski definition) is 3. The Labute approximate surface area is 416 Å².